The summed E-state index contributed by atoms with van der Waals surface area (Å²) in [7, 11) is 3.56. The molecule has 1 aromatic heterocycles. The third kappa shape index (κ3) is 2.10. The minimum absolute atomic E-state index is 0.865. The lowest BCUT2D eigenvalue weighted by Gasteiger charge is -1.99. The van der Waals surface area contributed by atoms with Crippen LogP contribution < -0.4 is 10.1 Å². The smallest absolute Gasteiger partial charge is 0.125 e. The standard InChI is InChI=1S/C11H12N2OS/c1-12-10-7-13-11(15-10)8-3-5-9(14-2)6-4-8/h3-7,12H,1-2H3. The number of hydrogen-bond donors (Lipinski definition) is 1. The number of nitrogens with one attached hydrogen (secondary N) is 1. The Morgan fingerprint density at radius 3 is 2.53 bits per heavy atom. The Bertz CT molecular complexity index is 436. The van der Waals surface area contributed by atoms with E-state index in [4.69, 9.17) is 4.74 Å². The summed E-state index contributed by atoms with van der Waals surface area (Å²) < 4.78 is 5.10. The molecule has 2 rings (SSSR count). The molecule has 0 bridgehead atoms. The first-order chi connectivity index (χ1) is 7.33. The molecule has 0 saturated heterocycles. The van der Waals surface area contributed by atoms with Gasteiger partial charge in [-0.2, -0.15) is 0 Å². The van der Waals surface area contributed by atoms with Crippen molar-refractivity contribution in [3.05, 3.63) is 30.5 Å². The van der Waals surface area contributed by atoms with Gasteiger partial charge in [-0.05, 0) is 24.3 Å². The maximum absolute atomic E-state index is 5.10. The van der Waals surface area contributed by atoms with Crippen LogP contribution in [0.4, 0.5) is 5.00 Å². The molecule has 15 heavy (non-hydrogen) atoms. The molecule has 0 amide bonds. The van der Waals surface area contributed by atoms with Crippen molar-refractivity contribution >= 4 is 16.3 Å². The third-order valence-corrected chi connectivity index (χ3v) is 3.15. The summed E-state index contributed by atoms with van der Waals surface area (Å²) in [5.74, 6) is 0.865. The van der Waals surface area contributed by atoms with Crippen molar-refractivity contribution in [3.8, 4) is 16.3 Å². The average Bonchev–Trinajstić information content (AvgIpc) is 2.78. The zero-order chi connectivity index (χ0) is 10.7. The van der Waals surface area contributed by atoms with Crippen LogP contribution in [-0.2, 0) is 0 Å². The highest BCUT2D eigenvalue weighted by atomic mass is 32.1. The Morgan fingerprint density at radius 2 is 2.00 bits per heavy atom. The van der Waals surface area contributed by atoms with Crippen LogP contribution >= 0.6 is 11.3 Å². The molecule has 2 aromatic rings. The van der Waals surface area contributed by atoms with Crippen LogP contribution in [0.5, 0.6) is 5.75 Å². The van der Waals surface area contributed by atoms with Crippen molar-refractivity contribution in [3.63, 3.8) is 0 Å². The summed E-state index contributed by atoms with van der Waals surface area (Å²) in [6.07, 6.45) is 1.84. The zero-order valence-corrected chi connectivity index (χ0v) is 9.47. The number of benzene rings is 1. The van der Waals surface area contributed by atoms with Crippen molar-refractivity contribution in [2.24, 2.45) is 0 Å². The summed E-state index contributed by atoms with van der Waals surface area (Å²) in [4.78, 5) is 4.33. The lowest BCUT2D eigenvalue weighted by molar-refractivity contribution is 0.415. The molecule has 3 nitrogen and oxygen atoms in total. The highest BCUT2D eigenvalue weighted by Gasteiger charge is 2.03. The molecule has 1 aromatic carbocycles. The van der Waals surface area contributed by atoms with E-state index in [1.807, 2.05) is 37.5 Å². The van der Waals surface area contributed by atoms with E-state index in [1.165, 1.54) is 0 Å². The largest absolute Gasteiger partial charge is 0.497 e. The lowest BCUT2D eigenvalue weighted by atomic mass is 10.2. The summed E-state index contributed by atoms with van der Waals surface area (Å²) in [6, 6.07) is 7.90. The van der Waals surface area contributed by atoms with Gasteiger partial charge in [0.25, 0.3) is 0 Å². The van der Waals surface area contributed by atoms with E-state index < -0.39 is 0 Å². The second-order valence-electron chi connectivity index (χ2n) is 3.01. The van der Waals surface area contributed by atoms with Gasteiger partial charge in [-0.1, -0.05) is 11.3 Å². The van der Waals surface area contributed by atoms with E-state index in [9.17, 15) is 0 Å². The second kappa shape index (κ2) is 4.31. The number of thiazole rings is 1. The van der Waals surface area contributed by atoms with E-state index in [0.717, 1.165) is 21.3 Å². The number of methoxy groups -OCH3 is 1. The van der Waals surface area contributed by atoms with E-state index in [-0.39, 0.29) is 0 Å². The number of nitrogens with zero attached hydrogens (tertiary/aromatic N) is 1. The third-order valence-electron chi connectivity index (χ3n) is 2.09. The first-order valence-corrected chi connectivity index (χ1v) is 5.43. The summed E-state index contributed by atoms with van der Waals surface area (Å²) >= 11 is 1.64. The maximum atomic E-state index is 5.10. The Kier molecular flexibility index (Phi) is 2.87. The molecule has 0 aliphatic rings. The van der Waals surface area contributed by atoms with Crippen molar-refractivity contribution in [2.45, 2.75) is 0 Å². The highest BCUT2D eigenvalue weighted by molar-refractivity contribution is 7.18. The number of hydrogen-bond acceptors (Lipinski definition) is 4. The number of rotatable bonds is 3. The zero-order valence-electron chi connectivity index (χ0n) is 8.65. The predicted molar refractivity (Wildman–Crippen MR) is 63.6 cm³/mol. The van der Waals surface area contributed by atoms with E-state index in [2.05, 4.69) is 10.3 Å². The van der Waals surface area contributed by atoms with Gasteiger partial charge < -0.3 is 10.1 Å². The fourth-order valence-corrected chi connectivity index (χ4v) is 2.03. The first-order valence-electron chi connectivity index (χ1n) is 4.61. The van der Waals surface area contributed by atoms with Crippen molar-refractivity contribution in [2.75, 3.05) is 19.5 Å². The Balaban J connectivity index is 2.28. The average molecular weight is 220 g/mol. The van der Waals surface area contributed by atoms with Crippen LogP contribution in [0.1, 0.15) is 0 Å². The van der Waals surface area contributed by atoms with Crippen LogP contribution in [0, 0.1) is 0 Å². The van der Waals surface area contributed by atoms with Gasteiger partial charge in [0.1, 0.15) is 15.8 Å². The Labute approximate surface area is 92.7 Å². The molecule has 0 radical (unpaired) electrons. The van der Waals surface area contributed by atoms with E-state index >= 15 is 0 Å². The monoisotopic (exact) mass is 220 g/mol. The van der Waals surface area contributed by atoms with Gasteiger partial charge in [0, 0.05) is 12.6 Å². The van der Waals surface area contributed by atoms with Gasteiger partial charge in [-0.15, -0.1) is 0 Å². The van der Waals surface area contributed by atoms with Gasteiger partial charge in [0.2, 0.25) is 0 Å². The van der Waals surface area contributed by atoms with Crippen LogP contribution in [-0.4, -0.2) is 19.1 Å². The molecule has 0 saturated carbocycles. The van der Waals surface area contributed by atoms with Gasteiger partial charge in [0.15, 0.2) is 0 Å². The SMILES string of the molecule is CNc1cnc(-c2ccc(OC)cc2)s1. The lowest BCUT2D eigenvalue weighted by Crippen LogP contribution is -1.81. The second-order valence-corrected chi connectivity index (χ2v) is 4.04. The molecule has 0 unspecified atom stereocenters. The topological polar surface area (TPSA) is 34.2 Å². The summed E-state index contributed by atoms with van der Waals surface area (Å²) in [5.41, 5.74) is 1.11. The van der Waals surface area contributed by atoms with Crippen LogP contribution in [0.25, 0.3) is 10.6 Å². The van der Waals surface area contributed by atoms with Crippen LogP contribution in [0.3, 0.4) is 0 Å². The fraction of sp³-hybridized carbons (Fsp3) is 0.182. The molecule has 0 aliphatic carbocycles. The first kappa shape index (κ1) is 9.98. The van der Waals surface area contributed by atoms with Crippen molar-refractivity contribution < 1.29 is 4.74 Å². The molecular weight excluding hydrogens is 208 g/mol. The molecule has 78 valence electrons. The number of anilines is 1. The molecular formula is C11H12N2OS. The predicted octanol–water partition coefficient (Wildman–Crippen LogP) is 2.86. The molecule has 0 fully saturated rings. The highest BCUT2D eigenvalue weighted by Crippen LogP contribution is 2.29. The van der Waals surface area contributed by atoms with Gasteiger partial charge in [-0.3, -0.25) is 0 Å². The minimum Gasteiger partial charge on any atom is -0.497 e. The number of aromatic nitrogens is 1. The van der Waals surface area contributed by atoms with Crippen LogP contribution in [0.15, 0.2) is 30.5 Å². The van der Waals surface area contributed by atoms with Gasteiger partial charge in [-0.25, -0.2) is 4.98 Å². The number of ether oxygens (including phenoxy) is 1. The quantitative estimate of drug-likeness (QED) is 0.863. The molecule has 0 spiro atoms. The molecule has 1 N–H and O–H groups in total. The van der Waals surface area contributed by atoms with Gasteiger partial charge >= 0.3 is 0 Å². The van der Waals surface area contributed by atoms with Crippen LogP contribution in [0.2, 0.25) is 0 Å². The van der Waals surface area contributed by atoms with E-state index in [0.29, 0.717) is 0 Å². The molecule has 0 aliphatic heterocycles. The summed E-state index contributed by atoms with van der Waals surface area (Å²) in [6.45, 7) is 0. The normalized spacial score (nSPS) is 10.0. The Morgan fingerprint density at radius 1 is 1.27 bits per heavy atom. The maximum Gasteiger partial charge on any atom is 0.125 e. The molecule has 1 heterocycles. The minimum atomic E-state index is 0.865. The molecule has 0 atom stereocenters. The van der Waals surface area contributed by atoms with E-state index in [1.54, 1.807) is 18.4 Å². The van der Waals surface area contributed by atoms with Crippen molar-refractivity contribution in [1.82, 2.24) is 4.98 Å². The van der Waals surface area contributed by atoms with Gasteiger partial charge in [0.05, 0.1) is 13.3 Å². The molecule has 4 heteroatoms. The summed E-state index contributed by atoms with van der Waals surface area (Å²) in [5, 5.41) is 5.16. The van der Waals surface area contributed by atoms with Crippen molar-refractivity contribution in [1.29, 1.82) is 0 Å². The Hall–Kier alpha value is -1.55. The fourth-order valence-electron chi connectivity index (χ4n) is 1.26.